The molecule has 0 unspecified atom stereocenters. The molecule has 8 nitrogen and oxygen atoms in total. The fourth-order valence-electron chi connectivity index (χ4n) is 2.79. The highest BCUT2D eigenvalue weighted by molar-refractivity contribution is 7.89. The van der Waals surface area contributed by atoms with E-state index in [1.165, 1.54) is 17.3 Å². The lowest BCUT2D eigenvalue weighted by Crippen LogP contribution is -2.45. The Hall–Kier alpha value is -2.10. The number of hydrogen-bond donors (Lipinski definition) is 3. The van der Waals surface area contributed by atoms with Crippen LogP contribution in [-0.2, 0) is 19.7 Å². The van der Waals surface area contributed by atoms with Gasteiger partial charge in [0.15, 0.2) is 0 Å². The number of anilines is 1. The molecule has 9 heteroatoms. The van der Waals surface area contributed by atoms with E-state index in [2.05, 4.69) is 15.6 Å². The number of sulfonamides is 1. The minimum Gasteiger partial charge on any atom is -0.395 e. The van der Waals surface area contributed by atoms with E-state index < -0.39 is 16.1 Å². The molecule has 0 saturated carbocycles. The first kappa shape index (κ1) is 16.7. The number of carbonyl (C=O) groups is 1. The molecule has 1 amide bonds. The van der Waals surface area contributed by atoms with Gasteiger partial charge in [0.1, 0.15) is 17.2 Å². The Morgan fingerprint density at radius 1 is 1.33 bits per heavy atom. The number of para-hydroxylation sites is 1. The van der Waals surface area contributed by atoms with Gasteiger partial charge in [0.05, 0.1) is 11.9 Å². The molecular weight excluding hydrogens is 332 g/mol. The molecule has 0 bridgehead atoms. The molecule has 1 aromatic carbocycles. The van der Waals surface area contributed by atoms with E-state index in [4.69, 9.17) is 4.84 Å². The van der Waals surface area contributed by atoms with Crippen LogP contribution in [0.4, 0.5) is 5.69 Å². The molecule has 24 heavy (non-hydrogen) atoms. The summed E-state index contributed by atoms with van der Waals surface area (Å²) in [6.07, 6.45) is 5.11. The van der Waals surface area contributed by atoms with Crippen LogP contribution in [0.1, 0.15) is 24.8 Å². The van der Waals surface area contributed by atoms with Gasteiger partial charge in [-0.1, -0.05) is 17.7 Å². The molecule has 0 spiro atoms. The average molecular weight is 352 g/mol. The predicted molar refractivity (Wildman–Crippen MR) is 88.0 cm³/mol. The number of hydrogen-bond acceptors (Lipinski definition) is 6. The summed E-state index contributed by atoms with van der Waals surface area (Å²) in [5.74, 6) is -0.284. The van der Waals surface area contributed by atoms with Gasteiger partial charge in [-0.15, -0.1) is 0 Å². The van der Waals surface area contributed by atoms with Crippen molar-refractivity contribution in [1.82, 2.24) is 15.6 Å². The van der Waals surface area contributed by atoms with Crippen LogP contribution < -0.4 is 20.6 Å². The molecule has 0 radical (unpaired) electrons. The van der Waals surface area contributed by atoms with Crippen LogP contribution in [0.3, 0.4) is 0 Å². The van der Waals surface area contributed by atoms with Crippen molar-refractivity contribution in [2.75, 3.05) is 11.6 Å². The summed E-state index contributed by atoms with van der Waals surface area (Å²) in [7, 11) is -3.88. The Balaban J connectivity index is 1.93. The number of carbonyl (C=O) groups excluding carboxylic acids is 1. The van der Waals surface area contributed by atoms with E-state index in [1.807, 2.05) is 0 Å². The molecule has 0 aromatic heterocycles. The summed E-state index contributed by atoms with van der Waals surface area (Å²) in [5, 5.41) is 4.21. The van der Waals surface area contributed by atoms with E-state index >= 15 is 0 Å². The Morgan fingerprint density at radius 2 is 2.17 bits per heavy atom. The zero-order valence-electron chi connectivity index (χ0n) is 13.3. The fraction of sp³-hybridized carbons (Fsp3) is 0.400. The van der Waals surface area contributed by atoms with Crippen molar-refractivity contribution in [2.24, 2.45) is 0 Å². The van der Waals surface area contributed by atoms with Gasteiger partial charge in [-0.25, -0.2) is 13.4 Å². The fourth-order valence-corrected chi connectivity index (χ4v) is 4.29. The van der Waals surface area contributed by atoms with E-state index in [9.17, 15) is 13.2 Å². The zero-order chi connectivity index (χ0) is 17.2. The van der Waals surface area contributed by atoms with Crippen LogP contribution in [0.15, 0.2) is 35.6 Å². The average Bonchev–Trinajstić information content (AvgIpc) is 2.99. The maximum atomic E-state index is 12.9. The molecule has 130 valence electrons. The summed E-state index contributed by atoms with van der Waals surface area (Å²) >= 11 is 0. The first-order chi connectivity index (χ1) is 11.5. The zero-order valence-corrected chi connectivity index (χ0v) is 14.1. The summed E-state index contributed by atoms with van der Waals surface area (Å²) in [4.78, 5) is 17.1. The second-order valence-electron chi connectivity index (χ2n) is 5.75. The largest absolute Gasteiger partial charge is 0.395 e. The number of nitrogens with zero attached hydrogens (tertiary/aromatic N) is 1. The first-order valence-corrected chi connectivity index (χ1v) is 9.24. The Kier molecular flexibility index (Phi) is 4.74. The molecule has 2 aliphatic rings. The smallest absolute Gasteiger partial charge is 0.243 e. The van der Waals surface area contributed by atoms with Crippen LogP contribution in [0, 0.1) is 6.92 Å². The minimum atomic E-state index is -3.88. The maximum absolute atomic E-state index is 12.9. The van der Waals surface area contributed by atoms with E-state index in [0.29, 0.717) is 18.7 Å². The standard InChI is InChI=1S/C15H20N4O4S/c1-11-5-4-7-13(14(11)19-9-10-23-18-19)24(21,22)17-12-6-2-3-8-16-15(12)20/h4-5,7,9-10,12,17-18H,2-3,6,8H2,1H3,(H,16,20)/t12-/m1/s1. The molecule has 1 fully saturated rings. The number of benzene rings is 1. The van der Waals surface area contributed by atoms with Crippen LogP contribution in [0.5, 0.6) is 0 Å². The highest BCUT2D eigenvalue weighted by Gasteiger charge is 2.30. The van der Waals surface area contributed by atoms with Crippen molar-refractivity contribution in [1.29, 1.82) is 0 Å². The molecular formula is C15H20N4O4S. The van der Waals surface area contributed by atoms with Crippen LogP contribution in [-0.4, -0.2) is 26.9 Å². The Labute approximate surface area is 140 Å². The molecule has 2 heterocycles. The number of hydrazine groups is 1. The highest BCUT2D eigenvalue weighted by atomic mass is 32.2. The molecule has 3 rings (SSSR count). The van der Waals surface area contributed by atoms with Gasteiger partial charge in [-0.3, -0.25) is 4.79 Å². The van der Waals surface area contributed by atoms with Gasteiger partial charge in [0.25, 0.3) is 0 Å². The molecule has 1 aromatic rings. The summed E-state index contributed by atoms with van der Waals surface area (Å²) in [6.45, 7) is 2.38. The quantitative estimate of drug-likeness (QED) is 0.736. The minimum absolute atomic E-state index is 0.0854. The van der Waals surface area contributed by atoms with E-state index in [-0.39, 0.29) is 10.8 Å². The number of rotatable bonds is 4. The molecule has 1 atom stereocenters. The number of amides is 1. The number of aryl methyl sites for hydroxylation is 1. The molecule has 0 aliphatic carbocycles. The normalized spacial score (nSPS) is 21.3. The lowest BCUT2D eigenvalue weighted by Gasteiger charge is -2.22. The van der Waals surface area contributed by atoms with Gasteiger partial charge in [0.2, 0.25) is 15.9 Å². The first-order valence-electron chi connectivity index (χ1n) is 7.76. The lowest BCUT2D eigenvalue weighted by atomic mass is 10.1. The van der Waals surface area contributed by atoms with E-state index in [0.717, 1.165) is 18.4 Å². The maximum Gasteiger partial charge on any atom is 0.243 e. The summed E-state index contributed by atoms with van der Waals surface area (Å²) < 4.78 is 28.3. The van der Waals surface area contributed by atoms with Crippen molar-refractivity contribution in [3.05, 3.63) is 36.2 Å². The molecule has 2 aliphatic heterocycles. The van der Waals surface area contributed by atoms with Gasteiger partial charge in [-0.05, 0) is 37.8 Å². The van der Waals surface area contributed by atoms with Gasteiger partial charge >= 0.3 is 0 Å². The third kappa shape index (κ3) is 3.37. The van der Waals surface area contributed by atoms with Gasteiger partial charge in [-0.2, -0.15) is 4.72 Å². The Bertz CT molecular complexity index is 763. The van der Waals surface area contributed by atoms with Gasteiger partial charge in [0, 0.05) is 6.54 Å². The van der Waals surface area contributed by atoms with Crippen molar-refractivity contribution in [2.45, 2.75) is 37.1 Å². The van der Waals surface area contributed by atoms with Crippen molar-refractivity contribution in [3.8, 4) is 0 Å². The van der Waals surface area contributed by atoms with Crippen molar-refractivity contribution < 1.29 is 18.0 Å². The monoisotopic (exact) mass is 352 g/mol. The van der Waals surface area contributed by atoms with Crippen molar-refractivity contribution >= 4 is 21.6 Å². The summed E-state index contributed by atoms with van der Waals surface area (Å²) in [6, 6.07) is 4.22. The Morgan fingerprint density at radius 3 is 2.92 bits per heavy atom. The van der Waals surface area contributed by atoms with E-state index in [1.54, 1.807) is 25.3 Å². The summed E-state index contributed by atoms with van der Waals surface area (Å²) in [5.41, 5.74) is 3.81. The third-order valence-electron chi connectivity index (χ3n) is 3.99. The van der Waals surface area contributed by atoms with Crippen LogP contribution in [0.25, 0.3) is 0 Å². The second kappa shape index (κ2) is 6.80. The SMILES string of the molecule is Cc1cccc(S(=O)(=O)N[C@@H]2CCCCNC2=O)c1N1C=CON1. The lowest BCUT2D eigenvalue weighted by molar-refractivity contribution is -0.122. The van der Waals surface area contributed by atoms with Crippen LogP contribution in [0.2, 0.25) is 0 Å². The van der Waals surface area contributed by atoms with Crippen molar-refractivity contribution in [3.63, 3.8) is 0 Å². The van der Waals surface area contributed by atoms with Crippen LogP contribution >= 0.6 is 0 Å². The number of nitrogens with one attached hydrogen (secondary N) is 3. The van der Waals surface area contributed by atoms with Gasteiger partial charge < -0.3 is 10.2 Å². The molecule has 1 saturated heterocycles. The highest BCUT2D eigenvalue weighted by Crippen LogP contribution is 2.29. The predicted octanol–water partition coefficient (Wildman–Crippen LogP) is 0.669. The third-order valence-corrected chi connectivity index (χ3v) is 5.50. The second-order valence-corrected chi connectivity index (χ2v) is 7.43. The molecule has 3 N–H and O–H groups in total. The topological polar surface area (TPSA) is 99.8 Å².